The van der Waals surface area contributed by atoms with Gasteiger partial charge in [0.2, 0.25) is 5.60 Å². The highest BCUT2D eigenvalue weighted by Crippen LogP contribution is 2.49. The molecule has 1 atom stereocenters. The molecule has 2 aromatic rings. The summed E-state index contributed by atoms with van der Waals surface area (Å²) in [4.78, 5) is 3.83. The molecule has 0 saturated heterocycles. The molecule has 0 amide bonds. The van der Waals surface area contributed by atoms with Crippen LogP contribution in [0.3, 0.4) is 0 Å². The van der Waals surface area contributed by atoms with Gasteiger partial charge in [0.15, 0.2) is 28.0 Å². The number of hydrogen-bond donors (Lipinski definition) is 0. The Bertz CT molecular complexity index is 1830. The zero-order valence-corrected chi connectivity index (χ0v) is 35.5. The minimum atomic E-state index is -4.92. The fourth-order valence-electron chi connectivity index (χ4n) is 4.85. The molecule has 7 nitrogen and oxygen atoms in total. The normalized spacial score (nSPS) is 17.2. The fraction of sp³-hybridized carbons (Fsp3) is 0.475. The first-order chi connectivity index (χ1) is 24.4. The summed E-state index contributed by atoms with van der Waals surface area (Å²) < 4.78 is 60.7. The molecule has 0 radical (unpaired) electrons. The van der Waals surface area contributed by atoms with Crippen molar-refractivity contribution in [2.24, 2.45) is 0 Å². The summed E-state index contributed by atoms with van der Waals surface area (Å²) in [7, 11) is -3.81. The summed E-state index contributed by atoms with van der Waals surface area (Å²) in [6.07, 6.45) is 1.62. The molecule has 0 saturated carbocycles. The van der Waals surface area contributed by atoms with Crippen molar-refractivity contribution in [1.82, 2.24) is 0 Å². The average molecular weight is 781 g/mol. The minimum absolute atomic E-state index is 0.123. The van der Waals surface area contributed by atoms with Crippen molar-refractivity contribution >= 4 is 51.9 Å². The third kappa shape index (κ3) is 10.4. The number of rotatable bonds is 13. The van der Waals surface area contributed by atoms with E-state index in [1.165, 1.54) is 35.6 Å². The molecular formula is C40H51F3N4O3SSi2. The Kier molecular flexibility index (Phi) is 13.6. The van der Waals surface area contributed by atoms with E-state index in [0.717, 1.165) is 36.1 Å². The monoisotopic (exact) mass is 780 g/mol. The first kappa shape index (κ1) is 43.5. The van der Waals surface area contributed by atoms with Gasteiger partial charge < -0.3 is 18.5 Å². The highest BCUT2D eigenvalue weighted by Gasteiger charge is 2.60. The Labute approximate surface area is 319 Å². The summed E-state index contributed by atoms with van der Waals surface area (Å²) in [5.41, 5.74) is -2.51. The van der Waals surface area contributed by atoms with Crippen LogP contribution in [-0.4, -0.2) is 54.7 Å². The quantitative estimate of drug-likeness (QED) is 0.147. The van der Waals surface area contributed by atoms with Gasteiger partial charge >= 0.3 is 6.18 Å². The lowest BCUT2D eigenvalue weighted by Gasteiger charge is -2.38. The van der Waals surface area contributed by atoms with Crippen molar-refractivity contribution in [3.8, 4) is 18.2 Å². The summed E-state index contributed by atoms with van der Waals surface area (Å²) in [6.45, 7) is 26.0. The van der Waals surface area contributed by atoms with E-state index < -0.39 is 50.9 Å². The van der Waals surface area contributed by atoms with Crippen molar-refractivity contribution < 1.29 is 26.8 Å². The van der Waals surface area contributed by atoms with Crippen molar-refractivity contribution in [3.63, 3.8) is 0 Å². The molecule has 1 aromatic heterocycles. The lowest BCUT2D eigenvalue weighted by atomic mass is 9.92. The van der Waals surface area contributed by atoms with Crippen LogP contribution >= 0.6 is 11.3 Å². The molecule has 0 spiro atoms. The highest BCUT2D eigenvalue weighted by atomic mass is 32.1. The van der Waals surface area contributed by atoms with Crippen LogP contribution in [0.15, 0.2) is 65.0 Å². The molecule has 53 heavy (non-hydrogen) atoms. The molecule has 1 unspecified atom stereocenters. The number of allylic oxidation sites excluding steroid dienone is 2. The van der Waals surface area contributed by atoms with Gasteiger partial charge in [0, 0.05) is 34.1 Å². The predicted molar refractivity (Wildman–Crippen MR) is 214 cm³/mol. The van der Waals surface area contributed by atoms with Gasteiger partial charge in [0.05, 0.1) is 13.2 Å². The molecule has 1 aliphatic heterocycles. The first-order valence-electron chi connectivity index (χ1n) is 17.4. The van der Waals surface area contributed by atoms with Crippen LogP contribution in [0.4, 0.5) is 18.9 Å². The number of ether oxygens (including phenoxy) is 1. The zero-order chi connectivity index (χ0) is 40.0. The molecule has 0 N–H and O–H groups in total. The maximum absolute atomic E-state index is 14.2. The topological polar surface area (TPSA) is 102 Å². The maximum atomic E-state index is 14.2. The lowest BCUT2D eigenvalue weighted by molar-refractivity contribution is -0.236. The number of anilines is 1. The van der Waals surface area contributed by atoms with Gasteiger partial charge in [-0.2, -0.15) is 29.0 Å². The average Bonchev–Trinajstić information content (AvgIpc) is 3.63. The summed E-state index contributed by atoms with van der Waals surface area (Å²) in [5, 5.41) is 28.4. The molecule has 0 fully saturated rings. The third-order valence-corrected chi connectivity index (χ3v) is 20.5. The van der Waals surface area contributed by atoms with Crippen molar-refractivity contribution in [3.05, 3.63) is 80.3 Å². The Balaban J connectivity index is 1.80. The molecule has 1 aromatic carbocycles. The first-order valence-corrected chi connectivity index (χ1v) is 24.1. The van der Waals surface area contributed by atoms with E-state index >= 15 is 0 Å². The molecule has 0 aliphatic carbocycles. The molecule has 2 heterocycles. The van der Waals surface area contributed by atoms with Gasteiger partial charge in [-0.1, -0.05) is 65.8 Å². The number of benzene rings is 1. The Morgan fingerprint density at radius 3 is 1.68 bits per heavy atom. The van der Waals surface area contributed by atoms with Crippen LogP contribution < -0.4 is 4.90 Å². The highest BCUT2D eigenvalue weighted by molar-refractivity contribution is 7.13. The van der Waals surface area contributed by atoms with E-state index in [9.17, 15) is 29.0 Å². The maximum Gasteiger partial charge on any atom is 0.432 e. The van der Waals surface area contributed by atoms with Gasteiger partial charge in [-0.15, -0.1) is 11.3 Å². The molecule has 3 rings (SSSR count). The van der Waals surface area contributed by atoms with Crippen molar-refractivity contribution in [1.29, 1.82) is 15.8 Å². The molecule has 0 bridgehead atoms. The summed E-state index contributed by atoms with van der Waals surface area (Å²) in [6, 6.07) is 16.6. The van der Waals surface area contributed by atoms with E-state index in [0.29, 0.717) is 18.1 Å². The van der Waals surface area contributed by atoms with Crippen LogP contribution in [0, 0.1) is 34.0 Å². The van der Waals surface area contributed by atoms with Crippen molar-refractivity contribution in [2.45, 2.75) is 96.5 Å². The number of nitriles is 3. The number of thiophene rings is 1. The second-order valence-corrected chi connectivity index (χ2v) is 26.9. The van der Waals surface area contributed by atoms with Crippen molar-refractivity contribution in [2.75, 3.05) is 31.2 Å². The second-order valence-electron chi connectivity index (χ2n) is 16.2. The van der Waals surface area contributed by atoms with Gasteiger partial charge in [-0.3, -0.25) is 0 Å². The van der Waals surface area contributed by atoms with Crippen LogP contribution in [0.1, 0.15) is 63.8 Å². The van der Waals surface area contributed by atoms with Gasteiger partial charge in [0.25, 0.3) is 0 Å². The largest absolute Gasteiger partial charge is 0.470 e. The standard InChI is InChI=1S/C40H51F3N4O3SSi2/c1-37(2,3)52(8,9)48-24-22-47(23-25-49-53(10,11)38(4,5)6)31-15-12-29(13-16-31)14-17-32-18-19-33(51-32)20-21-35-34(28-46)36(30(26-44)27-45)50-39(35,7)40(41,42)43/h12-21H,22-25H2,1-11H3/b17-14+,21-20+. The SMILES string of the molecule is CC1(C(F)(F)F)OC(=C(C#N)C#N)C(C#N)=C1/C=C/c1ccc(/C=C/c2ccc(N(CCO[Si](C)(C)C(C)(C)C)CCO[Si](C)(C)C(C)(C)C)cc2)s1. The Morgan fingerprint density at radius 1 is 0.792 bits per heavy atom. The van der Waals surface area contributed by atoms with Crippen LogP contribution in [-0.2, 0) is 13.6 Å². The van der Waals surface area contributed by atoms with Gasteiger partial charge in [-0.05, 0) is 85.2 Å². The molecular weight excluding hydrogens is 730 g/mol. The third-order valence-electron chi connectivity index (χ3n) is 10.4. The zero-order valence-electron chi connectivity index (χ0n) is 32.7. The van der Waals surface area contributed by atoms with Gasteiger partial charge in [-0.25, -0.2) is 0 Å². The molecule has 284 valence electrons. The van der Waals surface area contributed by atoms with E-state index in [-0.39, 0.29) is 10.1 Å². The van der Waals surface area contributed by atoms with E-state index in [1.54, 1.807) is 12.1 Å². The fourth-order valence-corrected chi connectivity index (χ4v) is 7.74. The Hall–Kier alpha value is -3.91. The summed E-state index contributed by atoms with van der Waals surface area (Å²) in [5.74, 6) is -0.667. The van der Waals surface area contributed by atoms with E-state index in [4.69, 9.17) is 13.6 Å². The Morgan fingerprint density at radius 2 is 1.26 bits per heavy atom. The number of halogens is 3. The van der Waals surface area contributed by atoms with Crippen LogP contribution in [0.2, 0.25) is 36.3 Å². The summed E-state index contributed by atoms with van der Waals surface area (Å²) >= 11 is 1.35. The van der Waals surface area contributed by atoms with Gasteiger partial charge in [0.1, 0.15) is 23.8 Å². The molecule has 13 heteroatoms. The predicted octanol–water partition coefficient (Wildman–Crippen LogP) is 11.3. The molecule has 1 aliphatic rings. The lowest BCUT2D eigenvalue weighted by Crippen LogP contribution is -2.44. The number of hydrogen-bond acceptors (Lipinski definition) is 8. The number of alkyl halides is 3. The number of nitrogens with zero attached hydrogens (tertiary/aromatic N) is 4. The minimum Gasteiger partial charge on any atom is -0.470 e. The van der Waals surface area contributed by atoms with E-state index in [2.05, 4.69) is 84.8 Å². The second kappa shape index (κ2) is 16.6. The van der Waals surface area contributed by atoms with E-state index in [1.807, 2.05) is 30.4 Å². The van der Waals surface area contributed by atoms with Crippen LogP contribution in [0.5, 0.6) is 0 Å². The van der Waals surface area contributed by atoms with Crippen LogP contribution in [0.25, 0.3) is 18.2 Å². The smallest absolute Gasteiger partial charge is 0.432 e.